The number of hydrogen-bond acceptors (Lipinski definition) is 4. The molecule has 1 aromatic carbocycles. The van der Waals surface area contributed by atoms with Gasteiger partial charge in [-0.25, -0.2) is 0 Å². The second-order valence-electron chi connectivity index (χ2n) is 6.47. The predicted octanol–water partition coefficient (Wildman–Crippen LogP) is 0.821. The number of rotatable bonds is 7. The molecule has 1 aliphatic heterocycles. The second kappa shape index (κ2) is 7.72. The van der Waals surface area contributed by atoms with Crippen LogP contribution in [0.25, 0.3) is 0 Å². The summed E-state index contributed by atoms with van der Waals surface area (Å²) in [5, 5.41) is 10.5. The highest BCUT2D eigenvalue weighted by atomic mass is 16.3. The van der Waals surface area contributed by atoms with Crippen LogP contribution >= 0.6 is 0 Å². The molecule has 3 N–H and O–H groups in total. The molecule has 22 heavy (non-hydrogen) atoms. The number of nitrogens with two attached hydrogens (primary N) is 1. The summed E-state index contributed by atoms with van der Waals surface area (Å²) in [7, 11) is 2.10. The number of hydrogen-bond donors (Lipinski definition) is 2. The Bertz CT molecular complexity index is 480. The van der Waals surface area contributed by atoms with Crippen molar-refractivity contribution in [3.05, 3.63) is 35.9 Å². The van der Waals surface area contributed by atoms with Gasteiger partial charge >= 0.3 is 0 Å². The van der Waals surface area contributed by atoms with Crippen molar-refractivity contribution in [2.24, 2.45) is 5.73 Å². The topological polar surface area (TPSA) is 69.8 Å². The number of aliphatic hydroxyl groups is 1. The number of carbonyl (C=O) groups is 1. The molecule has 1 heterocycles. The van der Waals surface area contributed by atoms with Crippen molar-refractivity contribution in [2.75, 3.05) is 33.2 Å². The minimum Gasteiger partial charge on any atom is -0.388 e. The van der Waals surface area contributed by atoms with E-state index < -0.39 is 11.5 Å². The van der Waals surface area contributed by atoms with Crippen LogP contribution in [0.4, 0.5) is 0 Å². The van der Waals surface area contributed by atoms with Crippen molar-refractivity contribution >= 4 is 5.91 Å². The number of likely N-dealkylation sites (N-methyl/N-ethyl adjacent to an activating group) is 1. The van der Waals surface area contributed by atoms with Crippen molar-refractivity contribution in [2.45, 2.75) is 31.4 Å². The largest absolute Gasteiger partial charge is 0.388 e. The van der Waals surface area contributed by atoms with Crippen molar-refractivity contribution in [3.8, 4) is 0 Å². The van der Waals surface area contributed by atoms with E-state index in [-0.39, 0.29) is 6.42 Å². The molecule has 5 heteroatoms. The zero-order valence-electron chi connectivity index (χ0n) is 13.4. The first-order valence-corrected chi connectivity index (χ1v) is 7.92. The van der Waals surface area contributed by atoms with Gasteiger partial charge in [0.25, 0.3) is 0 Å². The zero-order chi connectivity index (χ0) is 16.0. The summed E-state index contributed by atoms with van der Waals surface area (Å²) >= 11 is 0. The number of piperidine rings is 1. The quantitative estimate of drug-likeness (QED) is 0.782. The molecule has 0 spiro atoms. The number of likely N-dealkylation sites (tertiary alicyclic amines) is 1. The monoisotopic (exact) mass is 305 g/mol. The second-order valence-corrected chi connectivity index (χ2v) is 6.47. The number of β-amino-alcohol motifs (C(OH)–C–C–N with tert-alkyl or cyclic N) is 1. The number of primary amides is 1. The lowest BCUT2D eigenvalue weighted by molar-refractivity contribution is -0.125. The van der Waals surface area contributed by atoms with Crippen molar-refractivity contribution in [3.63, 3.8) is 0 Å². The van der Waals surface area contributed by atoms with Crippen LogP contribution in [0.1, 0.15) is 24.8 Å². The molecular weight excluding hydrogens is 278 g/mol. The van der Waals surface area contributed by atoms with E-state index in [9.17, 15) is 9.90 Å². The first-order chi connectivity index (χ1) is 10.5. The molecule has 0 aliphatic carbocycles. The molecule has 1 unspecified atom stereocenters. The van der Waals surface area contributed by atoms with Gasteiger partial charge in [0.05, 0.1) is 12.0 Å². The summed E-state index contributed by atoms with van der Waals surface area (Å²) in [6.45, 7) is 4.25. The molecule has 1 aromatic rings. The fourth-order valence-corrected chi connectivity index (χ4v) is 3.15. The molecule has 0 saturated carbocycles. The SMILES string of the molecule is CN(CCN1CCCC(O)(CC(N)=O)C1)Cc1ccccc1. The van der Waals surface area contributed by atoms with Crippen LogP contribution in [-0.2, 0) is 11.3 Å². The van der Waals surface area contributed by atoms with Crippen LogP contribution in [0, 0.1) is 0 Å². The highest BCUT2D eigenvalue weighted by Crippen LogP contribution is 2.24. The van der Waals surface area contributed by atoms with Crippen LogP contribution in [0.5, 0.6) is 0 Å². The Hall–Kier alpha value is -1.43. The van der Waals surface area contributed by atoms with E-state index in [1.807, 2.05) is 6.07 Å². The summed E-state index contributed by atoms with van der Waals surface area (Å²) in [5.74, 6) is -0.425. The lowest BCUT2D eigenvalue weighted by Gasteiger charge is -2.39. The summed E-state index contributed by atoms with van der Waals surface area (Å²) < 4.78 is 0. The molecule has 0 radical (unpaired) electrons. The highest BCUT2D eigenvalue weighted by molar-refractivity contribution is 5.75. The van der Waals surface area contributed by atoms with Crippen LogP contribution in [0.2, 0.25) is 0 Å². The Balaban J connectivity index is 1.77. The standard InChI is InChI=1S/C17H27N3O2/c1-19(13-15-6-3-2-4-7-15)10-11-20-9-5-8-17(22,14-20)12-16(18)21/h2-4,6-7,22H,5,8-14H2,1H3,(H2,18,21). The summed E-state index contributed by atoms with van der Waals surface area (Å²) in [6.07, 6.45) is 1.63. The van der Waals surface area contributed by atoms with E-state index in [4.69, 9.17) is 5.73 Å². The molecule has 0 aromatic heterocycles. The van der Waals surface area contributed by atoms with Crippen LogP contribution < -0.4 is 5.73 Å². The molecule has 1 aliphatic rings. The third-order valence-electron chi connectivity index (χ3n) is 4.23. The Kier molecular flexibility index (Phi) is 5.94. The normalized spacial score (nSPS) is 22.9. The van der Waals surface area contributed by atoms with Gasteiger partial charge in [0.2, 0.25) is 5.91 Å². The summed E-state index contributed by atoms with van der Waals surface area (Å²) in [6, 6.07) is 10.4. The van der Waals surface area contributed by atoms with Gasteiger partial charge in [0.1, 0.15) is 0 Å². The number of amides is 1. The fraction of sp³-hybridized carbons (Fsp3) is 0.588. The first kappa shape index (κ1) is 16.9. The van der Waals surface area contributed by atoms with Crippen LogP contribution in [-0.4, -0.2) is 59.6 Å². The van der Waals surface area contributed by atoms with Gasteiger partial charge in [-0.2, -0.15) is 0 Å². The summed E-state index contributed by atoms with van der Waals surface area (Å²) in [5.41, 5.74) is 5.59. The average molecular weight is 305 g/mol. The predicted molar refractivity (Wildman–Crippen MR) is 87.2 cm³/mol. The number of nitrogens with zero attached hydrogens (tertiary/aromatic N) is 2. The van der Waals surface area contributed by atoms with Gasteiger partial charge in [-0.1, -0.05) is 30.3 Å². The lowest BCUT2D eigenvalue weighted by Crippen LogP contribution is -2.51. The number of benzene rings is 1. The summed E-state index contributed by atoms with van der Waals surface area (Å²) in [4.78, 5) is 15.6. The molecule has 0 bridgehead atoms. The Labute approximate surface area is 132 Å². The highest BCUT2D eigenvalue weighted by Gasteiger charge is 2.34. The maximum absolute atomic E-state index is 11.1. The van der Waals surface area contributed by atoms with Gasteiger partial charge in [-0.3, -0.25) is 9.69 Å². The maximum atomic E-state index is 11.1. The molecule has 1 amide bonds. The third-order valence-corrected chi connectivity index (χ3v) is 4.23. The molecule has 5 nitrogen and oxygen atoms in total. The average Bonchev–Trinajstić information content (AvgIpc) is 2.45. The smallest absolute Gasteiger partial charge is 0.220 e. The van der Waals surface area contributed by atoms with E-state index >= 15 is 0 Å². The van der Waals surface area contributed by atoms with Crippen LogP contribution in [0.3, 0.4) is 0 Å². The van der Waals surface area contributed by atoms with Gasteiger partial charge < -0.3 is 15.7 Å². The Morgan fingerprint density at radius 2 is 2.14 bits per heavy atom. The Morgan fingerprint density at radius 1 is 1.41 bits per heavy atom. The van der Waals surface area contributed by atoms with E-state index in [1.165, 1.54) is 5.56 Å². The van der Waals surface area contributed by atoms with Gasteiger partial charge in [-0.15, -0.1) is 0 Å². The van der Waals surface area contributed by atoms with E-state index in [2.05, 4.69) is 41.1 Å². The fourth-order valence-electron chi connectivity index (χ4n) is 3.15. The van der Waals surface area contributed by atoms with Crippen LogP contribution in [0.15, 0.2) is 30.3 Å². The van der Waals surface area contributed by atoms with Crippen molar-refractivity contribution < 1.29 is 9.90 Å². The van der Waals surface area contributed by atoms with Gasteiger partial charge in [-0.05, 0) is 32.0 Å². The third kappa shape index (κ3) is 5.40. The minimum atomic E-state index is -0.942. The zero-order valence-corrected chi connectivity index (χ0v) is 13.4. The molecule has 1 atom stereocenters. The molecule has 2 rings (SSSR count). The van der Waals surface area contributed by atoms with Crippen molar-refractivity contribution in [1.82, 2.24) is 9.80 Å². The van der Waals surface area contributed by atoms with Gasteiger partial charge in [0, 0.05) is 26.2 Å². The van der Waals surface area contributed by atoms with Gasteiger partial charge in [0.15, 0.2) is 0 Å². The lowest BCUT2D eigenvalue weighted by atomic mass is 9.89. The molecule has 122 valence electrons. The molecule has 1 saturated heterocycles. The van der Waals surface area contributed by atoms with E-state index in [0.29, 0.717) is 13.0 Å². The van der Waals surface area contributed by atoms with Crippen molar-refractivity contribution in [1.29, 1.82) is 0 Å². The number of carbonyl (C=O) groups excluding carboxylic acids is 1. The Morgan fingerprint density at radius 3 is 2.82 bits per heavy atom. The molecular formula is C17H27N3O2. The first-order valence-electron chi connectivity index (χ1n) is 7.92. The van der Waals surface area contributed by atoms with E-state index in [1.54, 1.807) is 0 Å². The minimum absolute atomic E-state index is 0.0589. The molecule has 1 fully saturated rings. The maximum Gasteiger partial charge on any atom is 0.220 e. The van der Waals surface area contributed by atoms with E-state index in [0.717, 1.165) is 32.6 Å².